The zero-order valence-electron chi connectivity index (χ0n) is 14.4. The fourth-order valence-electron chi connectivity index (χ4n) is 2.77. The van der Waals surface area contributed by atoms with Crippen molar-refractivity contribution in [3.05, 3.63) is 47.7 Å². The van der Waals surface area contributed by atoms with Crippen molar-refractivity contribution in [1.82, 2.24) is 5.32 Å². The highest BCUT2D eigenvalue weighted by molar-refractivity contribution is 5.84. The Kier molecular flexibility index (Phi) is 7.31. The van der Waals surface area contributed by atoms with Crippen molar-refractivity contribution >= 4 is 11.9 Å². The molecule has 1 heterocycles. The van der Waals surface area contributed by atoms with Crippen molar-refractivity contribution in [2.75, 3.05) is 6.61 Å². The molecular formula is C18H23NO8. The maximum atomic E-state index is 12.2. The number of carboxylic acids is 1. The van der Waals surface area contributed by atoms with Gasteiger partial charge in [-0.05, 0) is 18.1 Å². The van der Waals surface area contributed by atoms with Gasteiger partial charge in [-0.25, -0.2) is 4.79 Å². The molecule has 0 unspecified atom stereocenters. The third kappa shape index (κ3) is 5.51. The van der Waals surface area contributed by atoms with Gasteiger partial charge in [0.1, 0.15) is 18.3 Å². The molecule has 5 atom stereocenters. The molecule has 2 rings (SSSR count). The molecule has 0 fully saturated rings. The molecule has 9 heteroatoms. The zero-order chi connectivity index (χ0) is 20.0. The molecule has 1 aliphatic heterocycles. The topological polar surface area (TPSA) is 157 Å². The molecule has 0 aromatic heterocycles. The molecule has 1 aromatic rings. The van der Waals surface area contributed by atoms with Crippen molar-refractivity contribution in [1.29, 1.82) is 0 Å². The first-order chi connectivity index (χ1) is 12.8. The SMILES string of the molecule is O=C(CCc1ccccc1)N[C@H]1[C@H]([C@H](O)[C@H](O)CO)OC(C(=O)O)=C[C@@H]1O. The first kappa shape index (κ1) is 20.8. The fourth-order valence-corrected chi connectivity index (χ4v) is 2.77. The van der Waals surface area contributed by atoms with Gasteiger partial charge >= 0.3 is 5.97 Å². The highest BCUT2D eigenvalue weighted by atomic mass is 16.5. The van der Waals surface area contributed by atoms with Crippen LogP contribution in [0.5, 0.6) is 0 Å². The molecule has 6 N–H and O–H groups in total. The fraction of sp³-hybridized carbons (Fsp3) is 0.444. The summed E-state index contributed by atoms with van der Waals surface area (Å²) in [4.78, 5) is 23.4. The maximum absolute atomic E-state index is 12.2. The summed E-state index contributed by atoms with van der Waals surface area (Å²) in [5.74, 6) is -2.54. The minimum Gasteiger partial charge on any atom is -0.478 e. The van der Waals surface area contributed by atoms with Crippen molar-refractivity contribution in [2.24, 2.45) is 0 Å². The van der Waals surface area contributed by atoms with Gasteiger partial charge in [0.25, 0.3) is 0 Å². The van der Waals surface area contributed by atoms with E-state index in [9.17, 15) is 24.9 Å². The van der Waals surface area contributed by atoms with E-state index in [2.05, 4.69) is 5.32 Å². The highest BCUT2D eigenvalue weighted by Crippen LogP contribution is 2.23. The molecule has 148 valence electrons. The molecule has 27 heavy (non-hydrogen) atoms. The average molecular weight is 381 g/mol. The van der Waals surface area contributed by atoms with Gasteiger partial charge in [0.2, 0.25) is 11.7 Å². The second-order valence-corrected chi connectivity index (χ2v) is 6.23. The quantitative estimate of drug-likeness (QED) is 0.319. The minimum atomic E-state index is -1.73. The molecule has 0 saturated heterocycles. The van der Waals surface area contributed by atoms with Gasteiger partial charge in [0, 0.05) is 6.42 Å². The molecule has 0 aliphatic carbocycles. The number of aliphatic carboxylic acids is 1. The number of aryl methyl sites for hydroxylation is 1. The molecule has 1 amide bonds. The van der Waals surface area contributed by atoms with E-state index in [1.54, 1.807) is 0 Å². The first-order valence-corrected chi connectivity index (χ1v) is 8.43. The van der Waals surface area contributed by atoms with E-state index in [0.717, 1.165) is 11.6 Å². The lowest BCUT2D eigenvalue weighted by molar-refractivity contribution is -0.149. The Morgan fingerprint density at radius 1 is 1.19 bits per heavy atom. The summed E-state index contributed by atoms with van der Waals surface area (Å²) in [5, 5.41) is 50.6. The monoisotopic (exact) mass is 381 g/mol. The number of carbonyl (C=O) groups excluding carboxylic acids is 1. The molecule has 0 spiro atoms. The average Bonchev–Trinajstić information content (AvgIpc) is 2.67. The third-order valence-corrected chi connectivity index (χ3v) is 4.25. The van der Waals surface area contributed by atoms with Crippen LogP contribution in [-0.4, -0.2) is 74.5 Å². The van der Waals surface area contributed by atoms with Crippen LogP contribution in [0.4, 0.5) is 0 Å². The van der Waals surface area contributed by atoms with Crippen LogP contribution in [0.25, 0.3) is 0 Å². The van der Waals surface area contributed by atoms with Gasteiger partial charge in [0.15, 0.2) is 6.10 Å². The number of amides is 1. The largest absolute Gasteiger partial charge is 0.478 e. The summed E-state index contributed by atoms with van der Waals surface area (Å²) in [6, 6.07) is 8.05. The van der Waals surface area contributed by atoms with Crippen LogP contribution in [0.2, 0.25) is 0 Å². The van der Waals surface area contributed by atoms with Crippen molar-refractivity contribution in [2.45, 2.75) is 43.3 Å². The summed E-state index contributed by atoms with van der Waals surface area (Å²) in [7, 11) is 0. The second-order valence-electron chi connectivity index (χ2n) is 6.23. The van der Waals surface area contributed by atoms with Crippen molar-refractivity contribution in [3.63, 3.8) is 0 Å². The zero-order valence-corrected chi connectivity index (χ0v) is 14.4. The molecule has 1 aliphatic rings. The maximum Gasteiger partial charge on any atom is 0.370 e. The van der Waals surface area contributed by atoms with Crippen LogP contribution >= 0.6 is 0 Å². The van der Waals surface area contributed by atoms with Crippen LogP contribution in [0.3, 0.4) is 0 Å². The lowest BCUT2D eigenvalue weighted by Crippen LogP contribution is -2.60. The van der Waals surface area contributed by atoms with E-state index >= 15 is 0 Å². The summed E-state index contributed by atoms with van der Waals surface area (Å²) in [6.45, 7) is -0.808. The highest BCUT2D eigenvalue weighted by Gasteiger charge is 2.43. The number of rotatable bonds is 8. The van der Waals surface area contributed by atoms with E-state index in [1.165, 1.54) is 0 Å². The lowest BCUT2D eigenvalue weighted by atomic mass is 9.93. The molecular weight excluding hydrogens is 358 g/mol. The van der Waals surface area contributed by atoms with E-state index in [-0.39, 0.29) is 6.42 Å². The molecule has 1 aromatic carbocycles. The summed E-state index contributed by atoms with van der Waals surface area (Å²) in [5.41, 5.74) is 0.938. The van der Waals surface area contributed by atoms with Crippen LogP contribution < -0.4 is 5.32 Å². The summed E-state index contributed by atoms with van der Waals surface area (Å²) >= 11 is 0. The number of carboxylic acid groups (broad SMARTS) is 1. The van der Waals surface area contributed by atoms with Crippen LogP contribution in [0.1, 0.15) is 12.0 Å². The number of aliphatic hydroxyl groups is 4. The normalized spacial score (nSPS) is 24.3. The lowest BCUT2D eigenvalue weighted by Gasteiger charge is -2.38. The van der Waals surface area contributed by atoms with Gasteiger partial charge in [-0.15, -0.1) is 0 Å². The Hall–Kier alpha value is -2.46. The minimum absolute atomic E-state index is 0.0914. The predicted molar refractivity (Wildman–Crippen MR) is 92.4 cm³/mol. The molecule has 9 nitrogen and oxygen atoms in total. The van der Waals surface area contributed by atoms with Gasteiger partial charge in [-0.1, -0.05) is 30.3 Å². The van der Waals surface area contributed by atoms with Crippen molar-refractivity contribution in [3.8, 4) is 0 Å². The van der Waals surface area contributed by atoms with Crippen molar-refractivity contribution < 1.29 is 39.9 Å². The second kappa shape index (κ2) is 9.47. The number of nitrogens with one attached hydrogen (secondary N) is 1. The van der Waals surface area contributed by atoms with Crippen LogP contribution in [-0.2, 0) is 20.7 Å². The molecule has 0 bridgehead atoms. The number of carbonyl (C=O) groups is 2. The Balaban J connectivity index is 2.09. The van der Waals surface area contributed by atoms with E-state index in [1.807, 2.05) is 30.3 Å². The standard InChI is InChI=1S/C18H23NO8/c20-9-12(22)16(24)17-15(11(21)8-13(27-17)18(25)26)19-14(23)7-6-10-4-2-1-3-5-10/h1-5,8,11-12,15-17,20-22,24H,6-7,9H2,(H,19,23)(H,25,26)/t11-,12+,15+,16+,17+/m0/s1. The number of benzene rings is 1. The van der Waals surface area contributed by atoms with Gasteiger partial charge in [0.05, 0.1) is 12.6 Å². The first-order valence-electron chi connectivity index (χ1n) is 8.43. The van der Waals surface area contributed by atoms with Crippen LogP contribution in [0, 0.1) is 0 Å². The molecule has 0 radical (unpaired) electrons. The summed E-state index contributed by atoms with van der Waals surface area (Å²) in [6.07, 6.45) is -4.85. The van der Waals surface area contributed by atoms with Crippen LogP contribution in [0.15, 0.2) is 42.2 Å². The Labute approximate surface area is 155 Å². The molecule has 0 saturated carbocycles. The Bertz CT molecular complexity index is 677. The predicted octanol–water partition coefficient (Wildman–Crippen LogP) is -1.45. The number of aliphatic hydroxyl groups excluding tert-OH is 4. The third-order valence-electron chi connectivity index (χ3n) is 4.25. The number of hydrogen-bond acceptors (Lipinski definition) is 7. The number of ether oxygens (including phenoxy) is 1. The Morgan fingerprint density at radius 2 is 1.85 bits per heavy atom. The summed E-state index contributed by atoms with van der Waals surface area (Å²) < 4.78 is 5.15. The smallest absolute Gasteiger partial charge is 0.370 e. The van der Waals surface area contributed by atoms with E-state index in [0.29, 0.717) is 6.42 Å². The Morgan fingerprint density at radius 3 is 2.44 bits per heavy atom. The van der Waals surface area contributed by atoms with Gasteiger partial charge < -0.3 is 35.6 Å². The van der Waals surface area contributed by atoms with Gasteiger partial charge in [-0.2, -0.15) is 0 Å². The van der Waals surface area contributed by atoms with Gasteiger partial charge in [-0.3, -0.25) is 4.79 Å². The number of hydrogen-bond donors (Lipinski definition) is 6. The van der Waals surface area contributed by atoms with E-state index in [4.69, 9.17) is 14.9 Å². The van der Waals surface area contributed by atoms with E-state index < -0.39 is 54.7 Å².